The van der Waals surface area contributed by atoms with Crippen molar-refractivity contribution in [2.24, 2.45) is 0 Å². The maximum Gasteiger partial charge on any atom is 0.193 e. The van der Waals surface area contributed by atoms with E-state index in [1.54, 1.807) is 18.3 Å². The van der Waals surface area contributed by atoms with Crippen LogP contribution in [0.15, 0.2) is 42.6 Å². The van der Waals surface area contributed by atoms with Crippen molar-refractivity contribution in [3.05, 3.63) is 64.4 Å². The second-order valence-corrected chi connectivity index (χ2v) is 4.53. The largest absolute Gasteiger partial charge is 0.289 e. The number of hydrogen-bond donors (Lipinski definition) is 0. The SMILES string of the molecule is CCCc1cccc(C(=O)c2ccnc(Cl)c2)c1. The maximum atomic E-state index is 12.3. The minimum absolute atomic E-state index is 0.0164. The van der Waals surface area contributed by atoms with Crippen LogP contribution >= 0.6 is 11.6 Å². The number of carbonyl (C=O) groups is 1. The van der Waals surface area contributed by atoms with Crippen molar-refractivity contribution in [2.45, 2.75) is 19.8 Å². The Balaban J connectivity index is 2.31. The Bertz CT molecular complexity index is 566. The molecule has 0 aliphatic heterocycles. The molecule has 1 aromatic heterocycles. The summed E-state index contributed by atoms with van der Waals surface area (Å²) in [6.07, 6.45) is 3.60. The highest BCUT2D eigenvalue weighted by atomic mass is 35.5. The Hall–Kier alpha value is -1.67. The minimum atomic E-state index is -0.0164. The third-order valence-corrected chi connectivity index (χ3v) is 2.92. The van der Waals surface area contributed by atoms with Gasteiger partial charge in [0.2, 0.25) is 0 Å². The van der Waals surface area contributed by atoms with Gasteiger partial charge in [-0.15, -0.1) is 0 Å². The number of hydrogen-bond acceptors (Lipinski definition) is 2. The summed E-state index contributed by atoms with van der Waals surface area (Å²) in [5, 5.41) is 0.338. The standard InChI is InChI=1S/C15H14ClNO/c1-2-4-11-5-3-6-12(9-11)15(18)13-7-8-17-14(16)10-13/h3,5-10H,2,4H2,1H3. The van der Waals surface area contributed by atoms with Gasteiger partial charge in [0, 0.05) is 17.3 Å². The van der Waals surface area contributed by atoms with E-state index in [0.717, 1.165) is 12.8 Å². The average molecular weight is 260 g/mol. The summed E-state index contributed by atoms with van der Waals surface area (Å²) in [4.78, 5) is 16.1. The van der Waals surface area contributed by atoms with E-state index in [9.17, 15) is 4.79 Å². The number of halogens is 1. The molecule has 0 aliphatic rings. The molecule has 0 unspecified atom stereocenters. The Morgan fingerprint density at radius 3 is 2.72 bits per heavy atom. The van der Waals surface area contributed by atoms with Crippen LogP contribution in [0.3, 0.4) is 0 Å². The van der Waals surface area contributed by atoms with Gasteiger partial charge in [-0.2, -0.15) is 0 Å². The quantitative estimate of drug-likeness (QED) is 0.615. The highest BCUT2D eigenvalue weighted by Crippen LogP contribution is 2.15. The van der Waals surface area contributed by atoms with Crippen molar-refractivity contribution in [2.75, 3.05) is 0 Å². The molecule has 3 heteroatoms. The van der Waals surface area contributed by atoms with Gasteiger partial charge in [0.05, 0.1) is 0 Å². The molecule has 0 aliphatic carbocycles. The molecular weight excluding hydrogens is 246 g/mol. The molecule has 0 bridgehead atoms. The van der Waals surface area contributed by atoms with Crippen LogP contribution in [-0.4, -0.2) is 10.8 Å². The second-order valence-electron chi connectivity index (χ2n) is 4.15. The average Bonchev–Trinajstić information content (AvgIpc) is 2.39. The Labute approximate surface area is 112 Å². The molecule has 0 saturated heterocycles. The van der Waals surface area contributed by atoms with E-state index in [-0.39, 0.29) is 5.78 Å². The summed E-state index contributed by atoms with van der Waals surface area (Å²) in [6, 6.07) is 11.0. The lowest BCUT2D eigenvalue weighted by Crippen LogP contribution is -2.02. The fraction of sp³-hybridized carbons (Fsp3) is 0.200. The number of pyridine rings is 1. The minimum Gasteiger partial charge on any atom is -0.289 e. The van der Waals surface area contributed by atoms with Gasteiger partial charge in [-0.05, 0) is 30.2 Å². The lowest BCUT2D eigenvalue weighted by atomic mass is 10.0. The van der Waals surface area contributed by atoms with Crippen LogP contribution in [0.25, 0.3) is 0 Å². The molecule has 0 fully saturated rings. The molecule has 0 radical (unpaired) electrons. The molecule has 18 heavy (non-hydrogen) atoms. The van der Waals surface area contributed by atoms with E-state index in [1.165, 1.54) is 5.56 Å². The van der Waals surface area contributed by atoms with Crippen molar-refractivity contribution in [3.63, 3.8) is 0 Å². The predicted molar refractivity (Wildman–Crippen MR) is 73.1 cm³/mol. The first-order valence-electron chi connectivity index (χ1n) is 5.96. The van der Waals surface area contributed by atoms with Crippen LogP contribution in [0.5, 0.6) is 0 Å². The number of ketones is 1. The van der Waals surface area contributed by atoms with Crippen LogP contribution in [-0.2, 0) is 6.42 Å². The van der Waals surface area contributed by atoms with E-state index < -0.39 is 0 Å². The van der Waals surface area contributed by atoms with Crippen LogP contribution in [0.1, 0.15) is 34.8 Å². The smallest absolute Gasteiger partial charge is 0.193 e. The van der Waals surface area contributed by atoms with Crippen molar-refractivity contribution in [1.82, 2.24) is 4.98 Å². The molecule has 92 valence electrons. The zero-order valence-electron chi connectivity index (χ0n) is 10.2. The van der Waals surface area contributed by atoms with Gasteiger partial charge in [0.1, 0.15) is 5.15 Å². The van der Waals surface area contributed by atoms with E-state index in [0.29, 0.717) is 16.3 Å². The van der Waals surface area contributed by atoms with Gasteiger partial charge >= 0.3 is 0 Å². The Morgan fingerprint density at radius 1 is 1.22 bits per heavy atom. The monoisotopic (exact) mass is 259 g/mol. The summed E-state index contributed by atoms with van der Waals surface area (Å²) in [5.41, 5.74) is 2.45. The summed E-state index contributed by atoms with van der Waals surface area (Å²) >= 11 is 5.79. The lowest BCUT2D eigenvalue weighted by molar-refractivity contribution is 0.103. The van der Waals surface area contributed by atoms with Crippen molar-refractivity contribution in [3.8, 4) is 0 Å². The summed E-state index contributed by atoms with van der Waals surface area (Å²) in [6.45, 7) is 2.12. The highest BCUT2D eigenvalue weighted by molar-refractivity contribution is 6.29. The third kappa shape index (κ3) is 2.96. The van der Waals surface area contributed by atoms with Gasteiger partial charge < -0.3 is 0 Å². The molecule has 2 rings (SSSR count). The first kappa shape index (κ1) is 12.8. The molecule has 0 amide bonds. The molecule has 2 aromatic rings. The summed E-state index contributed by atoms with van der Waals surface area (Å²) in [5.74, 6) is -0.0164. The number of rotatable bonds is 4. The van der Waals surface area contributed by atoms with Crippen LogP contribution in [0, 0.1) is 0 Å². The molecule has 0 spiro atoms. The third-order valence-electron chi connectivity index (χ3n) is 2.72. The first-order valence-corrected chi connectivity index (χ1v) is 6.33. The lowest BCUT2D eigenvalue weighted by Gasteiger charge is -2.04. The number of aromatic nitrogens is 1. The number of benzene rings is 1. The molecule has 1 heterocycles. The number of carbonyl (C=O) groups excluding carboxylic acids is 1. The number of nitrogens with zero attached hydrogens (tertiary/aromatic N) is 1. The fourth-order valence-corrected chi connectivity index (χ4v) is 2.04. The second kappa shape index (κ2) is 5.78. The zero-order chi connectivity index (χ0) is 13.0. The van der Waals surface area contributed by atoms with Crippen LogP contribution in [0.2, 0.25) is 5.15 Å². The molecular formula is C15H14ClNO. The topological polar surface area (TPSA) is 30.0 Å². The van der Waals surface area contributed by atoms with Crippen molar-refractivity contribution in [1.29, 1.82) is 0 Å². The summed E-state index contributed by atoms with van der Waals surface area (Å²) < 4.78 is 0. The normalized spacial score (nSPS) is 10.3. The Morgan fingerprint density at radius 2 is 2.00 bits per heavy atom. The van der Waals surface area contributed by atoms with Crippen molar-refractivity contribution < 1.29 is 4.79 Å². The Kier molecular flexibility index (Phi) is 4.11. The van der Waals surface area contributed by atoms with Crippen LogP contribution < -0.4 is 0 Å². The van der Waals surface area contributed by atoms with Crippen LogP contribution in [0.4, 0.5) is 0 Å². The number of aryl methyl sites for hydroxylation is 1. The van der Waals surface area contributed by atoms with Gasteiger partial charge in [-0.25, -0.2) is 4.98 Å². The predicted octanol–water partition coefficient (Wildman–Crippen LogP) is 3.92. The van der Waals surface area contributed by atoms with E-state index in [4.69, 9.17) is 11.6 Å². The zero-order valence-corrected chi connectivity index (χ0v) is 10.9. The van der Waals surface area contributed by atoms with E-state index >= 15 is 0 Å². The molecule has 0 N–H and O–H groups in total. The molecule has 1 aromatic carbocycles. The highest BCUT2D eigenvalue weighted by Gasteiger charge is 2.10. The van der Waals surface area contributed by atoms with E-state index in [2.05, 4.69) is 11.9 Å². The maximum absolute atomic E-state index is 12.3. The van der Waals surface area contributed by atoms with Gasteiger partial charge in [0.15, 0.2) is 5.78 Å². The van der Waals surface area contributed by atoms with E-state index in [1.807, 2.05) is 24.3 Å². The molecule has 2 nitrogen and oxygen atoms in total. The van der Waals surface area contributed by atoms with Gasteiger partial charge in [0.25, 0.3) is 0 Å². The fourth-order valence-electron chi connectivity index (χ4n) is 1.87. The molecule has 0 saturated carbocycles. The van der Waals surface area contributed by atoms with Gasteiger partial charge in [-0.1, -0.05) is 43.1 Å². The van der Waals surface area contributed by atoms with Crippen molar-refractivity contribution >= 4 is 17.4 Å². The molecule has 0 atom stereocenters. The summed E-state index contributed by atoms with van der Waals surface area (Å²) in [7, 11) is 0. The van der Waals surface area contributed by atoms with Gasteiger partial charge in [-0.3, -0.25) is 4.79 Å². The first-order chi connectivity index (χ1) is 8.70.